The summed E-state index contributed by atoms with van der Waals surface area (Å²) in [7, 11) is 0. The topological polar surface area (TPSA) is 82.6 Å². The fourth-order valence-corrected chi connectivity index (χ4v) is 1.56. The first-order chi connectivity index (χ1) is 8.47. The van der Waals surface area contributed by atoms with Gasteiger partial charge in [-0.15, -0.1) is 0 Å². The van der Waals surface area contributed by atoms with Crippen molar-refractivity contribution in [3.05, 3.63) is 44.8 Å². The molecule has 0 radical (unpaired) electrons. The fourth-order valence-electron chi connectivity index (χ4n) is 1.56. The largest absolute Gasteiger partial charge is 0.491 e. The summed E-state index contributed by atoms with van der Waals surface area (Å²) in [6, 6.07) is 5.99. The van der Waals surface area contributed by atoms with Gasteiger partial charge in [0.05, 0.1) is 11.0 Å². The molecule has 0 N–H and O–H groups in total. The van der Waals surface area contributed by atoms with E-state index in [1.807, 2.05) is 13.8 Å². The SMILES string of the molecule is CC(C)Oc1ccc2oc(=O)c([N+](=O)[O-])cc2c1. The predicted molar refractivity (Wildman–Crippen MR) is 64.9 cm³/mol. The van der Waals surface area contributed by atoms with Crippen molar-refractivity contribution < 1.29 is 14.1 Å². The molecule has 0 spiro atoms. The Morgan fingerprint density at radius 2 is 2.06 bits per heavy atom. The summed E-state index contributed by atoms with van der Waals surface area (Å²) in [4.78, 5) is 21.2. The zero-order valence-corrected chi connectivity index (χ0v) is 9.88. The van der Waals surface area contributed by atoms with E-state index in [0.29, 0.717) is 16.7 Å². The van der Waals surface area contributed by atoms with Crippen LogP contribution in [0.5, 0.6) is 5.75 Å². The Balaban J connectivity index is 2.58. The Labute approximate surface area is 102 Å². The number of rotatable bonds is 3. The van der Waals surface area contributed by atoms with Crippen LogP contribution in [0.4, 0.5) is 5.69 Å². The molecule has 0 aliphatic carbocycles. The number of hydrogen-bond acceptors (Lipinski definition) is 5. The van der Waals surface area contributed by atoms with E-state index < -0.39 is 16.2 Å². The second-order valence-corrected chi connectivity index (χ2v) is 4.04. The van der Waals surface area contributed by atoms with Crippen LogP contribution < -0.4 is 10.4 Å². The third kappa shape index (κ3) is 2.32. The Morgan fingerprint density at radius 1 is 1.33 bits per heavy atom. The van der Waals surface area contributed by atoms with Gasteiger partial charge in [-0.2, -0.15) is 0 Å². The summed E-state index contributed by atoms with van der Waals surface area (Å²) in [6.07, 6.45) is -0.00634. The van der Waals surface area contributed by atoms with Crippen molar-refractivity contribution >= 4 is 16.7 Å². The van der Waals surface area contributed by atoms with E-state index in [1.165, 1.54) is 6.07 Å². The van der Waals surface area contributed by atoms with Gasteiger partial charge in [-0.25, -0.2) is 4.79 Å². The summed E-state index contributed by atoms with van der Waals surface area (Å²) < 4.78 is 10.3. The van der Waals surface area contributed by atoms with Crippen molar-refractivity contribution in [1.82, 2.24) is 0 Å². The minimum atomic E-state index is -0.954. The average molecular weight is 249 g/mol. The summed E-state index contributed by atoms with van der Waals surface area (Å²) in [6.45, 7) is 3.75. The molecule has 0 atom stereocenters. The highest BCUT2D eigenvalue weighted by atomic mass is 16.6. The lowest BCUT2D eigenvalue weighted by atomic mass is 10.2. The standard InChI is InChI=1S/C12H11NO5/c1-7(2)17-9-3-4-11-8(5-9)6-10(13(15)16)12(14)18-11/h3-7H,1-2H3. The van der Waals surface area contributed by atoms with Crippen molar-refractivity contribution in [1.29, 1.82) is 0 Å². The lowest BCUT2D eigenvalue weighted by Crippen LogP contribution is -2.07. The van der Waals surface area contributed by atoms with Crippen LogP contribution >= 0.6 is 0 Å². The molecule has 94 valence electrons. The van der Waals surface area contributed by atoms with Crippen LogP contribution in [0.1, 0.15) is 13.8 Å². The van der Waals surface area contributed by atoms with Crippen molar-refractivity contribution in [2.45, 2.75) is 20.0 Å². The maximum atomic E-state index is 11.3. The Hall–Kier alpha value is -2.37. The molecule has 1 heterocycles. The van der Waals surface area contributed by atoms with E-state index in [4.69, 9.17) is 9.15 Å². The summed E-state index contributed by atoms with van der Waals surface area (Å²) in [5.74, 6) is 0.570. The number of ether oxygens (including phenoxy) is 1. The molecule has 0 bridgehead atoms. The monoisotopic (exact) mass is 249 g/mol. The number of fused-ring (bicyclic) bond motifs is 1. The van der Waals surface area contributed by atoms with Gasteiger partial charge in [0.2, 0.25) is 0 Å². The predicted octanol–water partition coefficient (Wildman–Crippen LogP) is 2.49. The maximum absolute atomic E-state index is 11.3. The molecule has 0 aliphatic heterocycles. The van der Waals surface area contributed by atoms with Gasteiger partial charge in [-0.1, -0.05) is 0 Å². The summed E-state index contributed by atoms with van der Waals surface area (Å²) >= 11 is 0. The summed E-state index contributed by atoms with van der Waals surface area (Å²) in [5, 5.41) is 11.1. The second-order valence-electron chi connectivity index (χ2n) is 4.04. The highest BCUT2D eigenvalue weighted by molar-refractivity contribution is 5.79. The molecule has 0 saturated heterocycles. The van der Waals surface area contributed by atoms with E-state index in [9.17, 15) is 14.9 Å². The van der Waals surface area contributed by atoms with E-state index in [1.54, 1.807) is 18.2 Å². The van der Waals surface area contributed by atoms with Gasteiger partial charge in [-0.05, 0) is 32.0 Å². The molecule has 0 aliphatic rings. The zero-order chi connectivity index (χ0) is 13.3. The van der Waals surface area contributed by atoms with Gasteiger partial charge in [0.15, 0.2) is 0 Å². The molecule has 1 aromatic carbocycles. The normalized spacial score (nSPS) is 10.8. The van der Waals surface area contributed by atoms with Gasteiger partial charge in [-0.3, -0.25) is 10.1 Å². The van der Waals surface area contributed by atoms with Crippen molar-refractivity contribution in [2.75, 3.05) is 0 Å². The molecule has 6 nitrogen and oxygen atoms in total. The fraction of sp³-hybridized carbons (Fsp3) is 0.250. The smallest absolute Gasteiger partial charge is 0.415 e. The van der Waals surface area contributed by atoms with Crippen molar-refractivity contribution in [2.24, 2.45) is 0 Å². The average Bonchev–Trinajstić information content (AvgIpc) is 2.27. The number of nitrogens with zero attached hydrogens (tertiary/aromatic N) is 1. The van der Waals surface area contributed by atoms with Crippen LogP contribution in [0.15, 0.2) is 33.5 Å². The molecular formula is C12H11NO5. The minimum absolute atomic E-state index is 0.00634. The molecule has 2 aromatic rings. The van der Waals surface area contributed by atoms with E-state index in [2.05, 4.69) is 0 Å². The summed E-state index contributed by atoms with van der Waals surface area (Å²) in [5.41, 5.74) is -1.24. The Morgan fingerprint density at radius 3 is 2.67 bits per heavy atom. The lowest BCUT2D eigenvalue weighted by molar-refractivity contribution is -0.387. The Kier molecular flexibility index (Phi) is 3.01. The third-order valence-electron chi connectivity index (χ3n) is 2.25. The van der Waals surface area contributed by atoms with Gasteiger partial charge in [0.25, 0.3) is 0 Å². The number of hydrogen-bond donors (Lipinski definition) is 0. The number of benzene rings is 1. The molecule has 1 aromatic heterocycles. The van der Waals surface area contributed by atoms with Gasteiger partial charge in [0, 0.05) is 11.5 Å². The van der Waals surface area contributed by atoms with Gasteiger partial charge in [0.1, 0.15) is 11.3 Å². The van der Waals surface area contributed by atoms with E-state index in [0.717, 1.165) is 0 Å². The van der Waals surface area contributed by atoms with Crippen LogP contribution in [0.25, 0.3) is 11.0 Å². The molecule has 0 saturated carbocycles. The molecule has 18 heavy (non-hydrogen) atoms. The van der Waals surface area contributed by atoms with Crippen LogP contribution in [0.3, 0.4) is 0 Å². The van der Waals surface area contributed by atoms with Crippen LogP contribution in [-0.4, -0.2) is 11.0 Å². The van der Waals surface area contributed by atoms with Crippen molar-refractivity contribution in [3.8, 4) is 5.75 Å². The highest BCUT2D eigenvalue weighted by Crippen LogP contribution is 2.23. The highest BCUT2D eigenvalue weighted by Gasteiger charge is 2.15. The molecule has 0 unspecified atom stereocenters. The molecule has 2 rings (SSSR count). The second kappa shape index (κ2) is 4.48. The minimum Gasteiger partial charge on any atom is -0.491 e. The van der Waals surface area contributed by atoms with Crippen LogP contribution in [0.2, 0.25) is 0 Å². The first-order valence-corrected chi connectivity index (χ1v) is 5.36. The van der Waals surface area contributed by atoms with E-state index in [-0.39, 0.29) is 6.10 Å². The van der Waals surface area contributed by atoms with Gasteiger partial charge >= 0.3 is 11.3 Å². The molecule has 6 heteroatoms. The van der Waals surface area contributed by atoms with Gasteiger partial charge < -0.3 is 9.15 Å². The maximum Gasteiger partial charge on any atom is 0.415 e. The first kappa shape index (κ1) is 12.1. The van der Waals surface area contributed by atoms with Crippen molar-refractivity contribution in [3.63, 3.8) is 0 Å². The molecular weight excluding hydrogens is 238 g/mol. The molecule has 0 amide bonds. The quantitative estimate of drug-likeness (QED) is 0.474. The zero-order valence-electron chi connectivity index (χ0n) is 9.88. The lowest BCUT2D eigenvalue weighted by Gasteiger charge is -2.09. The molecule has 0 fully saturated rings. The first-order valence-electron chi connectivity index (χ1n) is 5.36. The van der Waals surface area contributed by atoms with Crippen LogP contribution in [-0.2, 0) is 0 Å². The Bertz CT molecular complexity index is 659. The van der Waals surface area contributed by atoms with Crippen LogP contribution in [0, 0.1) is 10.1 Å². The van der Waals surface area contributed by atoms with E-state index >= 15 is 0 Å². The number of nitro groups is 1. The third-order valence-corrected chi connectivity index (χ3v) is 2.25.